The van der Waals surface area contributed by atoms with Crippen molar-refractivity contribution in [3.8, 4) is 12.3 Å². The number of carboxylic acid groups (broad SMARTS) is 1. The van der Waals surface area contributed by atoms with Crippen molar-refractivity contribution in [1.82, 2.24) is 10.6 Å². The lowest BCUT2D eigenvalue weighted by molar-refractivity contribution is -0.142. The molecule has 0 saturated heterocycles. The molecule has 5 heteroatoms. The Morgan fingerprint density at radius 2 is 2.22 bits per heavy atom. The summed E-state index contributed by atoms with van der Waals surface area (Å²) in [6.07, 6.45) is 8.10. The summed E-state index contributed by atoms with van der Waals surface area (Å²) in [5.41, 5.74) is 0. The maximum atomic E-state index is 11.5. The molecular weight excluding hydrogens is 232 g/mol. The minimum atomic E-state index is -0.764. The molecule has 3 N–H and O–H groups in total. The molecule has 3 unspecified atom stereocenters. The van der Waals surface area contributed by atoms with E-state index in [0.717, 1.165) is 12.8 Å². The van der Waals surface area contributed by atoms with Gasteiger partial charge in [0.1, 0.15) is 0 Å². The van der Waals surface area contributed by atoms with Crippen LogP contribution in [0.15, 0.2) is 0 Å². The van der Waals surface area contributed by atoms with E-state index in [-0.39, 0.29) is 23.9 Å². The first kappa shape index (κ1) is 14.4. The van der Waals surface area contributed by atoms with Crippen LogP contribution in [0.2, 0.25) is 0 Å². The van der Waals surface area contributed by atoms with Crippen LogP contribution in [-0.2, 0) is 4.79 Å². The van der Waals surface area contributed by atoms with Crippen LogP contribution in [0.25, 0.3) is 0 Å². The number of hydrogen-bond acceptors (Lipinski definition) is 2. The minimum absolute atomic E-state index is 0.0381. The highest BCUT2D eigenvalue weighted by Gasteiger charge is 2.32. The molecule has 1 aliphatic rings. The van der Waals surface area contributed by atoms with Gasteiger partial charge in [0.05, 0.1) is 5.92 Å². The molecule has 0 aromatic rings. The van der Waals surface area contributed by atoms with Crippen molar-refractivity contribution in [2.45, 2.75) is 38.6 Å². The fraction of sp³-hybridized carbons (Fsp3) is 0.692. The highest BCUT2D eigenvalue weighted by molar-refractivity contribution is 5.74. The van der Waals surface area contributed by atoms with Crippen LogP contribution in [-0.4, -0.2) is 29.7 Å². The average Bonchev–Trinajstić information content (AvgIpc) is 2.74. The van der Waals surface area contributed by atoms with E-state index in [1.54, 1.807) is 0 Å². The van der Waals surface area contributed by atoms with Gasteiger partial charge in [0, 0.05) is 19.0 Å². The van der Waals surface area contributed by atoms with Crippen molar-refractivity contribution in [3.05, 3.63) is 0 Å². The molecule has 100 valence electrons. The normalized spacial score (nSPS) is 24.0. The zero-order valence-electron chi connectivity index (χ0n) is 10.6. The van der Waals surface area contributed by atoms with Gasteiger partial charge in [-0.05, 0) is 25.7 Å². The van der Waals surface area contributed by atoms with E-state index in [4.69, 9.17) is 11.5 Å². The summed E-state index contributed by atoms with van der Waals surface area (Å²) >= 11 is 0. The lowest BCUT2D eigenvalue weighted by Crippen LogP contribution is -2.43. The van der Waals surface area contributed by atoms with Crippen LogP contribution in [0.3, 0.4) is 0 Å². The highest BCUT2D eigenvalue weighted by Crippen LogP contribution is 2.31. The number of urea groups is 1. The number of amides is 2. The van der Waals surface area contributed by atoms with Crippen molar-refractivity contribution < 1.29 is 14.7 Å². The monoisotopic (exact) mass is 252 g/mol. The van der Waals surface area contributed by atoms with E-state index in [2.05, 4.69) is 16.6 Å². The van der Waals surface area contributed by atoms with Crippen LogP contribution in [0.4, 0.5) is 4.79 Å². The number of nitrogens with one attached hydrogen (secondary N) is 2. The average molecular weight is 252 g/mol. The van der Waals surface area contributed by atoms with Gasteiger partial charge in [-0.3, -0.25) is 4.79 Å². The minimum Gasteiger partial charge on any atom is -0.481 e. The number of carbonyl (C=O) groups is 2. The molecule has 0 heterocycles. The van der Waals surface area contributed by atoms with Gasteiger partial charge in [-0.1, -0.05) is 6.42 Å². The van der Waals surface area contributed by atoms with E-state index in [1.807, 2.05) is 6.92 Å². The number of carbonyl (C=O) groups excluding carboxylic acids is 1. The molecule has 0 aromatic heterocycles. The standard InChI is InChI=1S/C13H20N2O3/c1-3-5-9(2)15-13(18)14-8-10-6-4-7-11(10)12(16)17/h1,9-11H,4-8H2,2H3,(H,16,17)(H2,14,15,18). The van der Waals surface area contributed by atoms with Gasteiger partial charge in [0.25, 0.3) is 0 Å². The summed E-state index contributed by atoms with van der Waals surface area (Å²) in [4.78, 5) is 22.5. The molecule has 0 bridgehead atoms. The molecule has 1 aliphatic carbocycles. The van der Waals surface area contributed by atoms with Gasteiger partial charge in [0.2, 0.25) is 0 Å². The van der Waals surface area contributed by atoms with Crippen LogP contribution in [0, 0.1) is 24.2 Å². The lowest BCUT2D eigenvalue weighted by Gasteiger charge is -2.18. The van der Waals surface area contributed by atoms with Crippen molar-refractivity contribution >= 4 is 12.0 Å². The van der Waals surface area contributed by atoms with Crippen LogP contribution in [0.1, 0.15) is 32.6 Å². The Labute approximate surface area is 107 Å². The fourth-order valence-electron chi connectivity index (χ4n) is 2.33. The molecule has 1 fully saturated rings. The predicted molar refractivity (Wildman–Crippen MR) is 67.9 cm³/mol. The number of aliphatic carboxylic acids is 1. The van der Waals surface area contributed by atoms with Gasteiger partial charge in [-0.15, -0.1) is 12.3 Å². The third-order valence-corrected chi connectivity index (χ3v) is 3.30. The summed E-state index contributed by atoms with van der Waals surface area (Å²) in [6, 6.07) is -0.359. The third kappa shape index (κ3) is 4.28. The first-order valence-corrected chi connectivity index (χ1v) is 6.25. The quantitative estimate of drug-likeness (QED) is 0.643. The predicted octanol–water partition coefficient (Wildman–Crippen LogP) is 1.20. The summed E-state index contributed by atoms with van der Waals surface area (Å²) in [5.74, 6) is 1.42. The van der Waals surface area contributed by atoms with E-state index >= 15 is 0 Å². The second kappa shape index (κ2) is 6.90. The molecule has 1 rings (SSSR count). The summed E-state index contributed by atoms with van der Waals surface area (Å²) in [6.45, 7) is 2.24. The molecule has 3 atom stereocenters. The van der Waals surface area contributed by atoms with E-state index in [9.17, 15) is 9.59 Å². The fourth-order valence-corrected chi connectivity index (χ4v) is 2.33. The summed E-state index contributed by atoms with van der Waals surface area (Å²) < 4.78 is 0. The van der Waals surface area contributed by atoms with E-state index < -0.39 is 5.97 Å². The molecule has 0 aliphatic heterocycles. The smallest absolute Gasteiger partial charge is 0.315 e. The topological polar surface area (TPSA) is 78.4 Å². The van der Waals surface area contributed by atoms with Crippen molar-refractivity contribution in [1.29, 1.82) is 0 Å². The number of carboxylic acids is 1. The Hall–Kier alpha value is -1.70. The SMILES string of the molecule is C#CCC(C)NC(=O)NCC1CCCC1C(=O)O. The van der Waals surface area contributed by atoms with Crippen LogP contribution in [0.5, 0.6) is 0 Å². The third-order valence-electron chi connectivity index (χ3n) is 3.30. The molecular formula is C13H20N2O3. The van der Waals surface area contributed by atoms with E-state index in [0.29, 0.717) is 19.4 Å². The molecule has 2 amide bonds. The summed E-state index contributed by atoms with van der Waals surface area (Å²) in [5, 5.41) is 14.4. The van der Waals surface area contributed by atoms with E-state index in [1.165, 1.54) is 0 Å². The Balaban J connectivity index is 2.30. The number of hydrogen-bond donors (Lipinski definition) is 3. The second-order valence-electron chi connectivity index (χ2n) is 4.80. The molecule has 18 heavy (non-hydrogen) atoms. The van der Waals surface area contributed by atoms with Gasteiger partial charge < -0.3 is 15.7 Å². The van der Waals surface area contributed by atoms with Gasteiger partial charge in [0.15, 0.2) is 0 Å². The first-order chi connectivity index (χ1) is 8.54. The molecule has 0 spiro atoms. The van der Waals surface area contributed by atoms with Gasteiger partial charge in [-0.2, -0.15) is 0 Å². The Bertz CT molecular complexity index is 349. The van der Waals surface area contributed by atoms with Crippen molar-refractivity contribution in [2.75, 3.05) is 6.54 Å². The Morgan fingerprint density at radius 3 is 2.83 bits per heavy atom. The van der Waals surface area contributed by atoms with Crippen molar-refractivity contribution in [3.63, 3.8) is 0 Å². The molecule has 1 saturated carbocycles. The maximum Gasteiger partial charge on any atom is 0.315 e. The van der Waals surface area contributed by atoms with Crippen molar-refractivity contribution in [2.24, 2.45) is 11.8 Å². The zero-order valence-corrected chi connectivity index (χ0v) is 10.6. The highest BCUT2D eigenvalue weighted by atomic mass is 16.4. The molecule has 0 radical (unpaired) electrons. The first-order valence-electron chi connectivity index (χ1n) is 6.25. The van der Waals surface area contributed by atoms with Gasteiger partial charge >= 0.3 is 12.0 Å². The second-order valence-corrected chi connectivity index (χ2v) is 4.80. The lowest BCUT2D eigenvalue weighted by atomic mass is 9.96. The number of terminal acetylenes is 1. The maximum absolute atomic E-state index is 11.5. The molecule has 5 nitrogen and oxygen atoms in total. The van der Waals surface area contributed by atoms with Crippen LogP contribution < -0.4 is 10.6 Å². The summed E-state index contributed by atoms with van der Waals surface area (Å²) in [7, 11) is 0. The van der Waals surface area contributed by atoms with Crippen LogP contribution >= 0.6 is 0 Å². The largest absolute Gasteiger partial charge is 0.481 e. The Kier molecular flexibility index (Phi) is 5.50. The molecule has 0 aromatic carbocycles. The van der Waals surface area contributed by atoms with Gasteiger partial charge in [-0.25, -0.2) is 4.79 Å². The zero-order chi connectivity index (χ0) is 13.5. The Morgan fingerprint density at radius 1 is 1.50 bits per heavy atom. The number of rotatable bonds is 5.